The fraction of sp³-hybridized carbons (Fsp3) is 0.333. The Bertz CT molecular complexity index is 1120. The summed E-state index contributed by atoms with van der Waals surface area (Å²) in [6.45, 7) is 4.62. The number of allylic oxidation sites excluding steroid dienone is 1. The highest BCUT2D eigenvalue weighted by atomic mass is 19.1. The van der Waals surface area contributed by atoms with E-state index in [9.17, 15) is 8.78 Å². The second-order valence-corrected chi connectivity index (χ2v) is 9.41. The summed E-state index contributed by atoms with van der Waals surface area (Å²) in [7, 11) is 1.75. The quantitative estimate of drug-likeness (QED) is 0.429. The van der Waals surface area contributed by atoms with Crippen LogP contribution in [-0.4, -0.2) is 49.6 Å². The number of ether oxygens (including phenoxy) is 1. The van der Waals surface area contributed by atoms with Gasteiger partial charge in [0, 0.05) is 38.3 Å². The Labute approximate surface area is 206 Å². The molecule has 182 valence electrons. The van der Waals surface area contributed by atoms with E-state index in [1.807, 2.05) is 24.3 Å². The van der Waals surface area contributed by atoms with Crippen LogP contribution in [0, 0.1) is 11.6 Å². The zero-order chi connectivity index (χ0) is 24.2. The summed E-state index contributed by atoms with van der Waals surface area (Å²) in [6.07, 6.45) is 5.73. The molecule has 3 nitrogen and oxygen atoms in total. The summed E-state index contributed by atoms with van der Waals surface area (Å²) in [5.41, 5.74) is 6.14. The van der Waals surface area contributed by atoms with Crippen molar-refractivity contribution in [3.8, 4) is 5.75 Å². The SMILES string of the molecule is COc1cccc2c1CCCC2=CCN1CCN(C(c2ccc(F)cc2)c2ccc(F)cc2)CC1. The van der Waals surface area contributed by atoms with E-state index in [4.69, 9.17) is 4.74 Å². The maximum atomic E-state index is 13.6. The predicted octanol–water partition coefficient (Wildman–Crippen LogP) is 6.10. The Morgan fingerprint density at radius 1 is 0.829 bits per heavy atom. The molecular formula is C30H32F2N2O. The molecule has 0 amide bonds. The lowest BCUT2D eigenvalue weighted by molar-refractivity contribution is 0.117. The number of hydrogen-bond acceptors (Lipinski definition) is 3. The van der Waals surface area contributed by atoms with Gasteiger partial charge in [0.15, 0.2) is 0 Å². The Kier molecular flexibility index (Phi) is 7.26. The van der Waals surface area contributed by atoms with Gasteiger partial charge in [-0.3, -0.25) is 9.80 Å². The molecule has 1 fully saturated rings. The second kappa shape index (κ2) is 10.7. The van der Waals surface area contributed by atoms with Crippen LogP contribution in [0.1, 0.15) is 41.1 Å². The van der Waals surface area contributed by atoms with Crippen LogP contribution in [0.3, 0.4) is 0 Å². The van der Waals surface area contributed by atoms with Crippen molar-refractivity contribution in [1.29, 1.82) is 0 Å². The molecule has 2 aliphatic rings. The van der Waals surface area contributed by atoms with Crippen molar-refractivity contribution in [2.45, 2.75) is 25.3 Å². The lowest BCUT2D eigenvalue weighted by atomic mass is 9.86. The van der Waals surface area contributed by atoms with Gasteiger partial charge in [-0.05, 0) is 71.9 Å². The molecule has 5 heteroatoms. The normalized spacial score (nSPS) is 18.1. The van der Waals surface area contributed by atoms with Crippen molar-refractivity contribution in [2.24, 2.45) is 0 Å². The molecule has 0 bridgehead atoms. The van der Waals surface area contributed by atoms with E-state index >= 15 is 0 Å². The maximum absolute atomic E-state index is 13.6. The zero-order valence-corrected chi connectivity index (χ0v) is 20.2. The summed E-state index contributed by atoms with van der Waals surface area (Å²) in [4.78, 5) is 4.91. The van der Waals surface area contributed by atoms with Gasteiger partial charge >= 0.3 is 0 Å². The highest BCUT2D eigenvalue weighted by Crippen LogP contribution is 2.36. The number of methoxy groups -OCH3 is 1. The number of hydrogen-bond donors (Lipinski definition) is 0. The molecule has 5 rings (SSSR count). The smallest absolute Gasteiger partial charge is 0.123 e. The molecule has 0 spiro atoms. The van der Waals surface area contributed by atoms with Crippen LogP contribution >= 0.6 is 0 Å². The number of rotatable bonds is 6. The third-order valence-corrected chi connectivity index (χ3v) is 7.31. The number of piperazine rings is 1. The molecule has 0 unspecified atom stereocenters. The van der Waals surface area contributed by atoms with Gasteiger partial charge in [-0.2, -0.15) is 0 Å². The van der Waals surface area contributed by atoms with Crippen molar-refractivity contribution in [3.63, 3.8) is 0 Å². The summed E-state index contributed by atoms with van der Waals surface area (Å²) in [6, 6.07) is 19.7. The molecule has 0 saturated carbocycles. The van der Waals surface area contributed by atoms with E-state index in [2.05, 4.69) is 34.1 Å². The summed E-state index contributed by atoms with van der Waals surface area (Å²) < 4.78 is 32.8. The standard InChI is InChI=1S/C30H32F2N2O/c1-35-29-7-3-5-27-22(4-2-6-28(27)29)16-17-33-18-20-34(21-19-33)30(23-8-12-25(31)13-9-23)24-10-14-26(32)15-11-24/h3,5,7-16,30H,2,4,6,17-21H2,1H3. The minimum atomic E-state index is -0.244. The first-order valence-electron chi connectivity index (χ1n) is 12.4. The van der Waals surface area contributed by atoms with Crippen LogP contribution in [0.25, 0.3) is 5.57 Å². The lowest BCUT2D eigenvalue weighted by Crippen LogP contribution is -2.47. The largest absolute Gasteiger partial charge is 0.496 e. The molecule has 3 aromatic rings. The number of fused-ring (bicyclic) bond motifs is 1. The Hall–Kier alpha value is -3.02. The molecule has 1 heterocycles. The van der Waals surface area contributed by atoms with Crippen molar-refractivity contribution >= 4 is 5.57 Å². The van der Waals surface area contributed by atoms with E-state index in [-0.39, 0.29) is 17.7 Å². The molecule has 0 atom stereocenters. The van der Waals surface area contributed by atoms with Gasteiger partial charge in [-0.1, -0.05) is 42.5 Å². The molecule has 1 aliphatic carbocycles. The van der Waals surface area contributed by atoms with Crippen molar-refractivity contribution in [2.75, 3.05) is 39.8 Å². The fourth-order valence-corrected chi connectivity index (χ4v) is 5.47. The van der Waals surface area contributed by atoms with Gasteiger partial charge in [0.25, 0.3) is 0 Å². The summed E-state index contributed by atoms with van der Waals surface area (Å²) in [5, 5.41) is 0. The minimum Gasteiger partial charge on any atom is -0.496 e. The van der Waals surface area contributed by atoms with Gasteiger partial charge in [-0.15, -0.1) is 0 Å². The molecular weight excluding hydrogens is 442 g/mol. The number of benzene rings is 3. The first-order chi connectivity index (χ1) is 17.1. The van der Waals surface area contributed by atoms with Gasteiger partial charge in [-0.25, -0.2) is 8.78 Å². The Morgan fingerprint density at radius 3 is 2.06 bits per heavy atom. The topological polar surface area (TPSA) is 15.7 Å². The van der Waals surface area contributed by atoms with E-state index in [0.29, 0.717) is 0 Å². The number of halogens is 2. The average Bonchev–Trinajstić information content (AvgIpc) is 2.90. The first-order valence-corrected chi connectivity index (χ1v) is 12.4. The van der Waals surface area contributed by atoms with E-state index in [0.717, 1.165) is 68.9 Å². The second-order valence-electron chi connectivity index (χ2n) is 9.41. The fourth-order valence-electron chi connectivity index (χ4n) is 5.47. The zero-order valence-electron chi connectivity index (χ0n) is 20.2. The van der Waals surface area contributed by atoms with Crippen LogP contribution in [0.5, 0.6) is 5.75 Å². The molecule has 1 saturated heterocycles. The lowest BCUT2D eigenvalue weighted by Gasteiger charge is -2.39. The monoisotopic (exact) mass is 474 g/mol. The highest BCUT2D eigenvalue weighted by Gasteiger charge is 2.26. The Morgan fingerprint density at radius 2 is 1.46 bits per heavy atom. The van der Waals surface area contributed by atoms with Crippen LogP contribution in [0.15, 0.2) is 72.8 Å². The molecule has 1 aliphatic heterocycles. The van der Waals surface area contributed by atoms with Crippen LogP contribution in [0.4, 0.5) is 8.78 Å². The maximum Gasteiger partial charge on any atom is 0.123 e. The summed E-state index contributed by atoms with van der Waals surface area (Å²) >= 11 is 0. The third kappa shape index (κ3) is 5.31. The average molecular weight is 475 g/mol. The van der Waals surface area contributed by atoms with Gasteiger partial charge in [0.2, 0.25) is 0 Å². The van der Waals surface area contributed by atoms with Crippen LogP contribution in [-0.2, 0) is 6.42 Å². The van der Waals surface area contributed by atoms with E-state index in [1.165, 1.54) is 41.0 Å². The van der Waals surface area contributed by atoms with E-state index in [1.54, 1.807) is 7.11 Å². The molecule has 0 N–H and O–H groups in total. The van der Waals surface area contributed by atoms with Crippen molar-refractivity contribution in [1.82, 2.24) is 9.80 Å². The highest BCUT2D eigenvalue weighted by molar-refractivity contribution is 5.72. The summed E-state index contributed by atoms with van der Waals surface area (Å²) in [5.74, 6) is 0.507. The first kappa shape index (κ1) is 23.7. The molecule has 0 radical (unpaired) electrons. The minimum absolute atomic E-state index is 0.0191. The molecule has 0 aromatic heterocycles. The van der Waals surface area contributed by atoms with Crippen LogP contribution in [0.2, 0.25) is 0 Å². The van der Waals surface area contributed by atoms with Gasteiger partial charge < -0.3 is 4.74 Å². The van der Waals surface area contributed by atoms with E-state index < -0.39 is 0 Å². The molecule has 35 heavy (non-hydrogen) atoms. The van der Waals surface area contributed by atoms with Crippen LogP contribution < -0.4 is 4.74 Å². The van der Waals surface area contributed by atoms with Crippen molar-refractivity contribution in [3.05, 3.63) is 107 Å². The van der Waals surface area contributed by atoms with Gasteiger partial charge in [0.05, 0.1) is 13.2 Å². The third-order valence-electron chi connectivity index (χ3n) is 7.31. The van der Waals surface area contributed by atoms with Crippen molar-refractivity contribution < 1.29 is 13.5 Å². The predicted molar refractivity (Wildman–Crippen MR) is 137 cm³/mol. The Balaban J connectivity index is 1.28. The van der Waals surface area contributed by atoms with Gasteiger partial charge in [0.1, 0.15) is 17.4 Å². The number of nitrogens with zero attached hydrogens (tertiary/aromatic N) is 2. The molecule has 3 aromatic carbocycles.